The Morgan fingerprint density at radius 2 is 1.56 bits per heavy atom. The molecule has 2 aromatic carbocycles. The van der Waals surface area contributed by atoms with Gasteiger partial charge in [-0.2, -0.15) is 0 Å². The van der Waals surface area contributed by atoms with E-state index in [0.717, 1.165) is 5.56 Å². The maximum Gasteiger partial charge on any atom is 0.166 e. The molecule has 0 aliphatic heterocycles. The Bertz CT molecular complexity index is 581. The third-order valence-electron chi connectivity index (χ3n) is 2.86. The Kier molecular flexibility index (Phi) is 3.56. The molecule has 0 aliphatic rings. The highest BCUT2D eigenvalue weighted by Crippen LogP contribution is 2.26. The van der Waals surface area contributed by atoms with Crippen LogP contribution in [0.25, 0.3) is 17.2 Å². The van der Waals surface area contributed by atoms with E-state index < -0.39 is 11.6 Å². The van der Waals surface area contributed by atoms with Gasteiger partial charge in [-0.15, -0.1) is 0 Å². The van der Waals surface area contributed by atoms with E-state index in [1.165, 1.54) is 0 Å². The van der Waals surface area contributed by atoms with Gasteiger partial charge in [-0.3, -0.25) is 0 Å². The van der Waals surface area contributed by atoms with E-state index in [4.69, 9.17) is 0 Å². The van der Waals surface area contributed by atoms with Crippen LogP contribution in [-0.2, 0) is 0 Å². The Hall–Kier alpha value is -1.96. The molecular weight excluding hydrogens is 230 g/mol. The van der Waals surface area contributed by atoms with Gasteiger partial charge in [-0.25, -0.2) is 8.78 Å². The van der Waals surface area contributed by atoms with Gasteiger partial charge >= 0.3 is 0 Å². The summed E-state index contributed by atoms with van der Waals surface area (Å²) in [7, 11) is 0. The van der Waals surface area contributed by atoms with Crippen molar-refractivity contribution in [3.05, 3.63) is 65.2 Å². The number of benzene rings is 2. The van der Waals surface area contributed by atoms with Crippen molar-refractivity contribution in [3.63, 3.8) is 0 Å². The number of aryl methyl sites for hydroxylation is 1. The van der Waals surface area contributed by atoms with Crippen molar-refractivity contribution in [3.8, 4) is 11.1 Å². The minimum absolute atomic E-state index is 0.296. The molecule has 0 saturated carbocycles. The smallest absolute Gasteiger partial charge is 0.166 e. The molecule has 0 heterocycles. The summed E-state index contributed by atoms with van der Waals surface area (Å²) in [6, 6.07) is 10.6. The lowest BCUT2D eigenvalue weighted by Gasteiger charge is -2.06. The standard InChI is InChI=1S/C16H14F2/c1-3-4-12-6-8-13(9-7-12)14-10-5-11(2)15(17)16(14)18/h3-10H,1-2H3. The zero-order chi connectivity index (χ0) is 13.1. The Labute approximate surface area is 106 Å². The van der Waals surface area contributed by atoms with Crippen molar-refractivity contribution in [1.29, 1.82) is 0 Å². The molecular formula is C16H14F2. The fourth-order valence-electron chi connectivity index (χ4n) is 1.84. The van der Waals surface area contributed by atoms with Gasteiger partial charge in [0.15, 0.2) is 11.6 Å². The Morgan fingerprint density at radius 3 is 2.17 bits per heavy atom. The molecule has 0 fully saturated rings. The van der Waals surface area contributed by atoms with Crippen molar-refractivity contribution in [2.75, 3.05) is 0 Å². The van der Waals surface area contributed by atoms with Crippen molar-refractivity contribution >= 4 is 6.08 Å². The van der Waals surface area contributed by atoms with Crippen molar-refractivity contribution in [2.24, 2.45) is 0 Å². The molecule has 0 atom stereocenters. The Morgan fingerprint density at radius 1 is 0.889 bits per heavy atom. The first-order chi connectivity index (χ1) is 8.63. The first-order valence-electron chi connectivity index (χ1n) is 5.81. The fraction of sp³-hybridized carbons (Fsp3) is 0.125. The summed E-state index contributed by atoms with van der Waals surface area (Å²) in [4.78, 5) is 0. The van der Waals surface area contributed by atoms with Crippen LogP contribution in [0.15, 0.2) is 42.5 Å². The summed E-state index contributed by atoms with van der Waals surface area (Å²) in [6.45, 7) is 3.49. The number of hydrogen-bond acceptors (Lipinski definition) is 0. The van der Waals surface area contributed by atoms with Crippen LogP contribution < -0.4 is 0 Å². The van der Waals surface area contributed by atoms with Gasteiger partial charge in [0.2, 0.25) is 0 Å². The van der Waals surface area contributed by atoms with E-state index >= 15 is 0 Å². The number of rotatable bonds is 2. The molecule has 0 spiro atoms. The first kappa shape index (κ1) is 12.5. The molecule has 0 nitrogen and oxygen atoms in total. The largest absolute Gasteiger partial charge is 0.203 e. The average Bonchev–Trinajstić information content (AvgIpc) is 2.38. The zero-order valence-electron chi connectivity index (χ0n) is 10.4. The monoisotopic (exact) mass is 244 g/mol. The molecule has 0 amide bonds. The summed E-state index contributed by atoms with van der Waals surface area (Å²) in [6.07, 6.45) is 3.89. The van der Waals surface area contributed by atoms with E-state index in [0.29, 0.717) is 16.7 Å². The maximum atomic E-state index is 13.8. The first-order valence-corrected chi connectivity index (χ1v) is 5.81. The third-order valence-corrected chi connectivity index (χ3v) is 2.86. The SMILES string of the molecule is CC=Cc1ccc(-c2ccc(C)c(F)c2F)cc1. The Balaban J connectivity index is 2.46. The summed E-state index contributed by atoms with van der Waals surface area (Å²) < 4.78 is 27.3. The van der Waals surface area contributed by atoms with E-state index in [-0.39, 0.29) is 0 Å². The lowest BCUT2D eigenvalue weighted by atomic mass is 10.0. The van der Waals surface area contributed by atoms with Crippen LogP contribution >= 0.6 is 0 Å². The molecule has 92 valence electrons. The molecule has 0 aliphatic carbocycles. The van der Waals surface area contributed by atoms with E-state index in [9.17, 15) is 8.78 Å². The second kappa shape index (κ2) is 5.13. The number of allylic oxidation sites excluding steroid dienone is 1. The predicted molar refractivity (Wildman–Crippen MR) is 71.2 cm³/mol. The van der Waals surface area contributed by atoms with Crippen LogP contribution in [0, 0.1) is 18.6 Å². The summed E-state index contributed by atoms with van der Waals surface area (Å²) >= 11 is 0. The lowest BCUT2D eigenvalue weighted by Crippen LogP contribution is -1.92. The molecule has 2 aromatic rings. The van der Waals surface area contributed by atoms with Gasteiger partial charge in [0.05, 0.1) is 0 Å². The zero-order valence-corrected chi connectivity index (χ0v) is 10.4. The molecule has 2 heteroatoms. The van der Waals surface area contributed by atoms with Crippen molar-refractivity contribution < 1.29 is 8.78 Å². The topological polar surface area (TPSA) is 0 Å². The van der Waals surface area contributed by atoms with Gasteiger partial charge in [0, 0.05) is 5.56 Å². The van der Waals surface area contributed by atoms with Crippen LogP contribution in [0.3, 0.4) is 0 Å². The third kappa shape index (κ3) is 2.33. The molecule has 0 radical (unpaired) electrons. The molecule has 0 unspecified atom stereocenters. The van der Waals surface area contributed by atoms with Crippen LogP contribution in [0.2, 0.25) is 0 Å². The second-order valence-corrected chi connectivity index (χ2v) is 4.18. The van der Waals surface area contributed by atoms with Gasteiger partial charge in [-0.1, -0.05) is 48.6 Å². The minimum Gasteiger partial charge on any atom is -0.203 e. The van der Waals surface area contributed by atoms with Crippen LogP contribution in [0.1, 0.15) is 18.1 Å². The highest BCUT2D eigenvalue weighted by atomic mass is 19.2. The highest BCUT2D eigenvalue weighted by Gasteiger charge is 2.11. The van der Waals surface area contributed by atoms with Gasteiger partial charge < -0.3 is 0 Å². The summed E-state index contributed by atoms with van der Waals surface area (Å²) in [5.41, 5.74) is 2.33. The van der Waals surface area contributed by atoms with E-state index in [1.807, 2.05) is 31.2 Å². The average molecular weight is 244 g/mol. The highest BCUT2D eigenvalue weighted by molar-refractivity contribution is 5.66. The van der Waals surface area contributed by atoms with Crippen LogP contribution in [0.5, 0.6) is 0 Å². The molecule has 0 aromatic heterocycles. The molecule has 18 heavy (non-hydrogen) atoms. The van der Waals surface area contributed by atoms with Crippen molar-refractivity contribution in [2.45, 2.75) is 13.8 Å². The summed E-state index contributed by atoms with van der Waals surface area (Å²) in [5.74, 6) is -1.56. The van der Waals surface area contributed by atoms with Gasteiger partial charge in [0.25, 0.3) is 0 Å². The normalized spacial score (nSPS) is 11.1. The summed E-state index contributed by atoms with van der Waals surface area (Å²) in [5, 5.41) is 0. The molecule has 2 rings (SSSR count). The van der Waals surface area contributed by atoms with Crippen LogP contribution in [-0.4, -0.2) is 0 Å². The van der Waals surface area contributed by atoms with E-state index in [1.54, 1.807) is 31.2 Å². The second-order valence-electron chi connectivity index (χ2n) is 4.18. The molecule has 0 saturated heterocycles. The van der Waals surface area contributed by atoms with Gasteiger partial charge in [0.1, 0.15) is 0 Å². The fourth-order valence-corrected chi connectivity index (χ4v) is 1.84. The molecule has 0 bridgehead atoms. The minimum atomic E-state index is -0.784. The lowest BCUT2D eigenvalue weighted by molar-refractivity contribution is 0.505. The number of halogens is 2. The van der Waals surface area contributed by atoms with Crippen molar-refractivity contribution in [1.82, 2.24) is 0 Å². The van der Waals surface area contributed by atoms with E-state index in [2.05, 4.69) is 0 Å². The quantitative estimate of drug-likeness (QED) is 0.699. The number of hydrogen-bond donors (Lipinski definition) is 0. The maximum absolute atomic E-state index is 13.8. The van der Waals surface area contributed by atoms with Gasteiger partial charge in [-0.05, 0) is 30.5 Å². The predicted octanol–water partition coefficient (Wildman–Crippen LogP) is 4.97. The van der Waals surface area contributed by atoms with Crippen LogP contribution in [0.4, 0.5) is 8.78 Å². The molecule has 0 N–H and O–H groups in total.